The zero-order valence-corrected chi connectivity index (χ0v) is 22.3. The van der Waals surface area contributed by atoms with E-state index in [0.29, 0.717) is 33.5 Å². The van der Waals surface area contributed by atoms with Crippen LogP contribution < -0.4 is 9.47 Å². The van der Waals surface area contributed by atoms with Gasteiger partial charge in [-0.3, -0.25) is 14.5 Å². The van der Waals surface area contributed by atoms with E-state index in [-0.39, 0.29) is 18.1 Å². The summed E-state index contributed by atoms with van der Waals surface area (Å²) in [5.41, 5.74) is 2.22. The summed E-state index contributed by atoms with van der Waals surface area (Å²) < 4.78 is 16.6. The Hall–Kier alpha value is -2.94. The van der Waals surface area contributed by atoms with Crippen molar-refractivity contribution >= 4 is 58.2 Å². The van der Waals surface area contributed by atoms with E-state index in [1.807, 2.05) is 12.1 Å². The predicted octanol–water partition coefficient (Wildman–Crippen LogP) is 6.30. The number of ether oxygens (including phenoxy) is 3. The van der Waals surface area contributed by atoms with Crippen LogP contribution in [0.1, 0.15) is 30.5 Å². The Balaban J connectivity index is 1.90. The van der Waals surface area contributed by atoms with Crippen LogP contribution in [0.3, 0.4) is 0 Å². The molecule has 2 aromatic rings. The molecule has 1 aliphatic rings. The second-order valence-electron chi connectivity index (χ2n) is 7.72. The van der Waals surface area contributed by atoms with Crippen molar-refractivity contribution in [2.45, 2.75) is 32.9 Å². The lowest BCUT2D eigenvalue weighted by Crippen LogP contribution is -2.42. The fraction of sp³-hybridized carbons (Fsp3) is 0.269. The van der Waals surface area contributed by atoms with E-state index >= 15 is 0 Å². The third kappa shape index (κ3) is 6.24. The number of methoxy groups -OCH3 is 1. The second kappa shape index (κ2) is 12.3. The number of hydrogen-bond acceptors (Lipinski definition) is 7. The number of rotatable bonds is 10. The van der Waals surface area contributed by atoms with Gasteiger partial charge in [-0.1, -0.05) is 35.3 Å². The highest BCUT2D eigenvalue weighted by molar-refractivity contribution is 8.18. The van der Waals surface area contributed by atoms with E-state index in [9.17, 15) is 14.4 Å². The molecule has 0 aliphatic carbocycles. The van der Waals surface area contributed by atoms with E-state index in [2.05, 4.69) is 6.58 Å². The Bertz CT molecular complexity index is 1230. The summed E-state index contributed by atoms with van der Waals surface area (Å²) in [6.45, 7) is 7.31. The van der Waals surface area contributed by atoms with Crippen molar-refractivity contribution in [1.29, 1.82) is 0 Å². The van der Waals surface area contributed by atoms with Crippen LogP contribution in [0.15, 0.2) is 47.9 Å². The Kier molecular flexibility index (Phi) is 9.48. The first-order valence-electron chi connectivity index (χ1n) is 11.0. The van der Waals surface area contributed by atoms with Gasteiger partial charge in [0, 0.05) is 5.56 Å². The van der Waals surface area contributed by atoms with Gasteiger partial charge >= 0.3 is 5.97 Å². The number of carbonyl (C=O) groups excluding carboxylic acids is 3. The fourth-order valence-corrected chi connectivity index (χ4v) is 4.74. The molecule has 0 radical (unpaired) electrons. The number of amides is 2. The molecule has 1 aliphatic heterocycles. The second-order valence-corrected chi connectivity index (χ2v) is 9.53. The molecule has 0 N–H and O–H groups in total. The lowest BCUT2D eigenvalue weighted by Gasteiger charge is -2.19. The lowest BCUT2D eigenvalue weighted by atomic mass is 10.0. The number of carbonyl (C=O) groups is 3. The molecule has 7 nitrogen and oxygen atoms in total. The largest absolute Gasteiger partial charge is 0.493 e. The van der Waals surface area contributed by atoms with Crippen LogP contribution in [-0.4, -0.2) is 41.8 Å². The monoisotopic (exact) mass is 549 g/mol. The van der Waals surface area contributed by atoms with Gasteiger partial charge in [0.2, 0.25) is 0 Å². The van der Waals surface area contributed by atoms with Crippen molar-refractivity contribution in [1.82, 2.24) is 4.90 Å². The summed E-state index contributed by atoms with van der Waals surface area (Å²) in [6.07, 6.45) is 3.77. The van der Waals surface area contributed by atoms with Gasteiger partial charge in [0.25, 0.3) is 11.1 Å². The first-order chi connectivity index (χ1) is 17.2. The van der Waals surface area contributed by atoms with Crippen LogP contribution in [0.2, 0.25) is 10.0 Å². The first kappa shape index (κ1) is 27.6. The van der Waals surface area contributed by atoms with Crippen LogP contribution in [0.4, 0.5) is 4.79 Å². The average Bonchev–Trinajstić information content (AvgIpc) is 3.12. The number of hydrogen-bond donors (Lipinski definition) is 0. The molecule has 0 bridgehead atoms. The maximum Gasteiger partial charge on any atom is 0.329 e. The van der Waals surface area contributed by atoms with Gasteiger partial charge in [0.1, 0.15) is 12.6 Å². The number of benzene rings is 2. The molecule has 1 fully saturated rings. The van der Waals surface area contributed by atoms with Crippen molar-refractivity contribution in [3.63, 3.8) is 0 Å². The first-order valence-corrected chi connectivity index (χ1v) is 12.6. The van der Waals surface area contributed by atoms with Crippen molar-refractivity contribution in [3.8, 4) is 11.5 Å². The number of thioether (sulfide) groups is 1. The molecule has 1 heterocycles. The SMILES string of the molecule is C=CCc1cc(/C=C2/SC(=O)N([C@@H](C)C(=O)OCC)C2=O)cc(OC)c1OCc1ccc(Cl)c(Cl)c1. The smallest absolute Gasteiger partial charge is 0.329 e. The van der Waals surface area contributed by atoms with Gasteiger partial charge in [-0.15, -0.1) is 6.58 Å². The minimum atomic E-state index is -1.02. The molecule has 1 saturated heterocycles. The molecule has 10 heteroatoms. The molecule has 36 heavy (non-hydrogen) atoms. The van der Waals surface area contributed by atoms with Crippen LogP contribution in [0, 0.1) is 0 Å². The normalized spacial score (nSPS) is 15.2. The summed E-state index contributed by atoms with van der Waals surface area (Å²) in [5, 5.41) is 0.347. The van der Waals surface area contributed by atoms with Crippen LogP contribution in [0.25, 0.3) is 6.08 Å². The van der Waals surface area contributed by atoms with Crippen LogP contribution >= 0.6 is 35.0 Å². The number of halogens is 2. The molecule has 1 atom stereocenters. The molecule has 2 aromatic carbocycles. The number of imide groups is 1. The molecule has 0 aromatic heterocycles. The van der Waals surface area contributed by atoms with E-state index < -0.39 is 23.2 Å². The Labute approximate surface area is 224 Å². The number of esters is 1. The Morgan fingerprint density at radius 1 is 1.19 bits per heavy atom. The van der Waals surface area contributed by atoms with Crippen molar-refractivity contribution in [3.05, 3.63) is 74.6 Å². The van der Waals surface area contributed by atoms with Crippen molar-refractivity contribution in [2.24, 2.45) is 0 Å². The summed E-state index contributed by atoms with van der Waals surface area (Å²) in [7, 11) is 1.51. The minimum Gasteiger partial charge on any atom is -0.493 e. The topological polar surface area (TPSA) is 82.1 Å². The Morgan fingerprint density at radius 2 is 1.94 bits per heavy atom. The van der Waals surface area contributed by atoms with Gasteiger partial charge in [0.15, 0.2) is 11.5 Å². The zero-order valence-electron chi connectivity index (χ0n) is 20.0. The average molecular weight is 550 g/mol. The maximum atomic E-state index is 12.9. The third-order valence-electron chi connectivity index (χ3n) is 5.24. The molecular formula is C26H25Cl2NO6S. The third-order valence-corrected chi connectivity index (χ3v) is 6.86. The summed E-state index contributed by atoms with van der Waals surface area (Å²) in [6, 6.07) is 7.76. The molecule has 3 rings (SSSR count). The predicted molar refractivity (Wildman–Crippen MR) is 142 cm³/mol. The fourth-order valence-electron chi connectivity index (χ4n) is 3.51. The van der Waals surface area contributed by atoms with E-state index in [4.69, 9.17) is 37.4 Å². The van der Waals surface area contributed by atoms with Crippen LogP contribution in [-0.2, 0) is 27.4 Å². The molecule has 190 valence electrons. The van der Waals surface area contributed by atoms with Gasteiger partial charge in [-0.05, 0) is 73.5 Å². The van der Waals surface area contributed by atoms with Crippen LogP contribution in [0.5, 0.6) is 11.5 Å². The van der Waals surface area contributed by atoms with Gasteiger partial charge in [0.05, 0.1) is 28.7 Å². The van der Waals surface area contributed by atoms with E-state index in [1.54, 1.807) is 37.3 Å². The molecular weight excluding hydrogens is 525 g/mol. The molecule has 0 saturated carbocycles. The highest BCUT2D eigenvalue weighted by Crippen LogP contribution is 2.38. The minimum absolute atomic E-state index is 0.153. The van der Waals surface area contributed by atoms with Gasteiger partial charge < -0.3 is 14.2 Å². The Morgan fingerprint density at radius 3 is 2.58 bits per heavy atom. The van der Waals surface area contributed by atoms with E-state index in [0.717, 1.165) is 27.8 Å². The van der Waals surface area contributed by atoms with Crippen molar-refractivity contribution < 1.29 is 28.6 Å². The summed E-state index contributed by atoms with van der Waals surface area (Å²) in [4.78, 5) is 38.6. The lowest BCUT2D eigenvalue weighted by molar-refractivity contribution is -0.150. The highest BCUT2D eigenvalue weighted by atomic mass is 35.5. The summed E-state index contributed by atoms with van der Waals surface area (Å²) >= 11 is 12.9. The maximum absolute atomic E-state index is 12.9. The molecule has 0 spiro atoms. The highest BCUT2D eigenvalue weighted by Gasteiger charge is 2.41. The quantitative estimate of drug-likeness (QED) is 0.195. The van der Waals surface area contributed by atoms with E-state index in [1.165, 1.54) is 14.0 Å². The standard InChI is InChI=1S/C26H25Cl2NO6S/c1-5-7-18-10-17(13-22-24(30)29(26(32)36-22)15(3)25(31)34-6-2)12-21(33-4)23(18)35-14-16-8-9-19(27)20(28)11-16/h5,8-13,15H,1,6-7,14H2,2-4H3/b22-13+/t15-/m0/s1. The zero-order chi connectivity index (χ0) is 26.4. The molecule has 0 unspecified atom stereocenters. The van der Waals surface area contributed by atoms with Gasteiger partial charge in [-0.2, -0.15) is 0 Å². The van der Waals surface area contributed by atoms with Crippen molar-refractivity contribution in [2.75, 3.05) is 13.7 Å². The number of allylic oxidation sites excluding steroid dienone is 1. The summed E-state index contributed by atoms with van der Waals surface area (Å²) in [5.74, 6) is -0.237. The molecule has 2 amide bonds. The number of nitrogens with zero attached hydrogens (tertiary/aromatic N) is 1. The van der Waals surface area contributed by atoms with Gasteiger partial charge in [-0.25, -0.2) is 4.79 Å².